The van der Waals surface area contributed by atoms with E-state index in [2.05, 4.69) is 52.8 Å². The van der Waals surface area contributed by atoms with Gasteiger partial charge < -0.3 is 5.32 Å². The van der Waals surface area contributed by atoms with E-state index < -0.39 is 0 Å². The van der Waals surface area contributed by atoms with E-state index in [1.807, 2.05) is 26.0 Å². The van der Waals surface area contributed by atoms with E-state index in [4.69, 9.17) is 0 Å². The zero-order chi connectivity index (χ0) is 15.7. The van der Waals surface area contributed by atoms with Crippen molar-refractivity contribution in [2.75, 3.05) is 5.32 Å². The van der Waals surface area contributed by atoms with E-state index >= 15 is 0 Å². The smallest absolute Gasteiger partial charge is 0.228 e. The molecule has 0 radical (unpaired) electrons. The quantitative estimate of drug-likeness (QED) is 0.762. The third-order valence-electron chi connectivity index (χ3n) is 3.71. The molecule has 0 atom stereocenters. The molecule has 0 saturated heterocycles. The third-order valence-corrected chi connectivity index (χ3v) is 3.71. The lowest BCUT2D eigenvalue weighted by molar-refractivity contribution is -0.118. The number of nitrogens with one attached hydrogen (secondary N) is 2. The molecule has 0 bridgehead atoms. The largest absolute Gasteiger partial charge is 0.308 e. The van der Waals surface area contributed by atoms with Crippen molar-refractivity contribution in [3.05, 3.63) is 48.0 Å². The van der Waals surface area contributed by atoms with Crippen molar-refractivity contribution in [2.45, 2.75) is 20.8 Å². The van der Waals surface area contributed by atoms with Gasteiger partial charge >= 0.3 is 0 Å². The van der Waals surface area contributed by atoms with E-state index in [0.29, 0.717) is 5.82 Å². The molecular formula is C18H19N3O. The molecule has 3 rings (SSSR count). The predicted octanol–water partition coefficient (Wildman–Crippen LogP) is 4.13. The van der Waals surface area contributed by atoms with Gasteiger partial charge in [0.25, 0.3) is 0 Å². The first-order chi connectivity index (χ1) is 10.5. The fraction of sp³-hybridized carbons (Fsp3) is 0.222. The molecule has 0 unspecified atom stereocenters. The van der Waals surface area contributed by atoms with Crippen LogP contribution in [0.3, 0.4) is 0 Å². The SMILES string of the molecule is Cc1ccc(-c2ccc3c(NC(=O)C(C)C)n[nH]c3c2)cc1. The monoisotopic (exact) mass is 293 g/mol. The Balaban J connectivity index is 1.95. The number of nitrogens with zero attached hydrogens (tertiary/aromatic N) is 1. The number of aromatic amines is 1. The van der Waals surface area contributed by atoms with Gasteiger partial charge in [-0.25, -0.2) is 0 Å². The molecule has 0 spiro atoms. The number of aromatic nitrogens is 2. The minimum Gasteiger partial charge on any atom is -0.308 e. The summed E-state index contributed by atoms with van der Waals surface area (Å²) in [6, 6.07) is 14.5. The summed E-state index contributed by atoms with van der Waals surface area (Å²) in [6.45, 7) is 5.80. The number of rotatable bonds is 3. The third kappa shape index (κ3) is 2.72. The van der Waals surface area contributed by atoms with E-state index in [1.165, 1.54) is 5.56 Å². The van der Waals surface area contributed by atoms with E-state index in [-0.39, 0.29) is 11.8 Å². The van der Waals surface area contributed by atoms with Crippen molar-refractivity contribution in [3.63, 3.8) is 0 Å². The van der Waals surface area contributed by atoms with Gasteiger partial charge in [-0.3, -0.25) is 9.89 Å². The molecule has 0 aliphatic rings. The molecule has 2 aromatic carbocycles. The molecule has 1 aromatic heterocycles. The van der Waals surface area contributed by atoms with Crippen molar-refractivity contribution in [3.8, 4) is 11.1 Å². The average Bonchev–Trinajstić information content (AvgIpc) is 2.90. The second-order valence-corrected chi connectivity index (χ2v) is 5.84. The van der Waals surface area contributed by atoms with Crippen LogP contribution in [0.5, 0.6) is 0 Å². The average molecular weight is 293 g/mol. The fourth-order valence-corrected chi connectivity index (χ4v) is 2.30. The normalized spacial score (nSPS) is 11.1. The van der Waals surface area contributed by atoms with Gasteiger partial charge in [0.2, 0.25) is 5.91 Å². The Morgan fingerprint density at radius 3 is 2.45 bits per heavy atom. The molecule has 2 N–H and O–H groups in total. The van der Waals surface area contributed by atoms with E-state index in [1.54, 1.807) is 0 Å². The maximum absolute atomic E-state index is 11.8. The Morgan fingerprint density at radius 2 is 1.77 bits per heavy atom. The molecular weight excluding hydrogens is 274 g/mol. The van der Waals surface area contributed by atoms with Crippen LogP contribution in [0.1, 0.15) is 19.4 Å². The molecule has 0 saturated carbocycles. The molecule has 1 heterocycles. The minimum absolute atomic E-state index is 0.0315. The van der Waals surface area contributed by atoms with Gasteiger partial charge in [-0.2, -0.15) is 5.10 Å². The fourth-order valence-electron chi connectivity index (χ4n) is 2.30. The number of hydrogen-bond acceptors (Lipinski definition) is 2. The lowest BCUT2D eigenvalue weighted by Crippen LogP contribution is -2.18. The van der Waals surface area contributed by atoms with Crippen molar-refractivity contribution in [2.24, 2.45) is 5.92 Å². The predicted molar refractivity (Wildman–Crippen MR) is 89.7 cm³/mol. The van der Waals surface area contributed by atoms with Crippen molar-refractivity contribution in [1.82, 2.24) is 10.2 Å². The molecule has 0 aliphatic heterocycles. The number of carbonyl (C=O) groups excluding carboxylic acids is 1. The highest BCUT2D eigenvalue weighted by Crippen LogP contribution is 2.27. The number of anilines is 1. The minimum atomic E-state index is -0.0708. The topological polar surface area (TPSA) is 57.8 Å². The van der Waals surface area contributed by atoms with Crippen LogP contribution >= 0.6 is 0 Å². The van der Waals surface area contributed by atoms with Crippen LogP contribution in [-0.4, -0.2) is 16.1 Å². The van der Waals surface area contributed by atoms with Crippen LogP contribution in [0.15, 0.2) is 42.5 Å². The summed E-state index contributed by atoms with van der Waals surface area (Å²) in [5, 5.41) is 11.0. The van der Waals surface area contributed by atoms with Gasteiger partial charge in [-0.15, -0.1) is 0 Å². The van der Waals surface area contributed by atoms with Gasteiger partial charge in [0.1, 0.15) is 0 Å². The summed E-state index contributed by atoms with van der Waals surface area (Å²) in [5.74, 6) is 0.485. The number of fused-ring (bicyclic) bond motifs is 1. The summed E-state index contributed by atoms with van der Waals surface area (Å²) in [5.41, 5.74) is 4.44. The molecule has 4 heteroatoms. The summed E-state index contributed by atoms with van der Waals surface area (Å²) in [4.78, 5) is 11.8. The van der Waals surface area contributed by atoms with Gasteiger partial charge in [0.05, 0.1) is 5.52 Å². The molecule has 0 aliphatic carbocycles. The lowest BCUT2D eigenvalue weighted by atomic mass is 10.0. The van der Waals surface area contributed by atoms with Gasteiger partial charge in [-0.1, -0.05) is 49.7 Å². The summed E-state index contributed by atoms with van der Waals surface area (Å²) in [7, 11) is 0. The zero-order valence-electron chi connectivity index (χ0n) is 13.0. The maximum atomic E-state index is 11.8. The van der Waals surface area contributed by atoms with Gasteiger partial charge in [0.15, 0.2) is 5.82 Å². The van der Waals surface area contributed by atoms with Crippen LogP contribution in [-0.2, 0) is 4.79 Å². The Labute approximate surface area is 129 Å². The molecule has 22 heavy (non-hydrogen) atoms. The molecule has 3 aromatic rings. The van der Waals surface area contributed by atoms with Crippen molar-refractivity contribution < 1.29 is 4.79 Å². The number of amides is 1. The highest BCUT2D eigenvalue weighted by Gasteiger charge is 2.12. The summed E-state index contributed by atoms with van der Waals surface area (Å²) < 4.78 is 0. The first-order valence-corrected chi connectivity index (χ1v) is 7.40. The second kappa shape index (κ2) is 5.64. The van der Waals surface area contributed by atoms with Crippen LogP contribution < -0.4 is 5.32 Å². The number of hydrogen-bond donors (Lipinski definition) is 2. The Morgan fingerprint density at radius 1 is 1.09 bits per heavy atom. The Hall–Kier alpha value is -2.62. The summed E-state index contributed by atoms with van der Waals surface area (Å²) in [6.07, 6.45) is 0. The summed E-state index contributed by atoms with van der Waals surface area (Å²) >= 11 is 0. The first-order valence-electron chi connectivity index (χ1n) is 7.40. The van der Waals surface area contributed by atoms with Gasteiger partial charge in [0, 0.05) is 11.3 Å². The zero-order valence-corrected chi connectivity index (χ0v) is 13.0. The van der Waals surface area contributed by atoms with Crippen LogP contribution in [0.2, 0.25) is 0 Å². The lowest BCUT2D eigenvalue weighted by Gasteiger charge is -2.05. The van der Waals surface area contributed by atoms with Crippen molar-refractivity contribution in [1.29, 1.82) is 0 Å². The van der Waals surface area contributed by atoms with Crippen LogP contribution in [0.25, 0.3) is 22.0 Å². The number of aryl methyl sites for hydroxylation is 1. The highest BCUT2D eigenvalue weighted by molar-refractivity contribution is 6.01. The highest BCUT2D eigenvalue weighted by atomic mass is 16.1. The Kier molecular flexibility index (Phi) is 3.67. The second-order valence-electron chi connectivity index (χ2n) is 5.84. The molecule has 1 amide bonds. The number of carbonyl (C=O) groups is 1. The Bertz CT molecular complexity index is 816. The molecule has 112 valence electrons. The van der Waals surface area contributed by atoms with E-state index in [0.717, 1.165) is 22.0 Å². The molecule has 0 fully saturated rings. The molecule has 4 nitrogen and oxygen atoms in total. The van der Waals surface area contributed by atoms with Crippen LogP contribution in [0, 0.1) is 12.8 Å². The van der Waals surface area contributed by atoms with Crippen LogP contribution in [0.4, 0.5) is 5.82 Å². The standard InChI is InChI=1S/C18H19N3O/c1-11(2)18(22)19-17-15-9-8-14(10-16(15)20-21-17)13-6-4-12(3)5-7-13/h4-11H,1-3H3,(H2,19,20,21,22). The number of benzene rings is 2. The number of H-pyrrole nitrogens is 1. The maximum Gasteiger partial charge on any atom is 0.228 e. The van der Waals surface area contributed by atoms with E-state index in [9.17, 15) is 4.79 Å². The van der Waals surface area contributed by atoms with Gasteiger partial charge in [-0.05, 0) is 30.2 Å². The van der Waals surface area contributed by atoms with Crippen molar-refractivity contribution >= 4 is 22.6 Å². The first kappa shape index (κ1) is 14.3.